The Hall–Kier alpha value is -1.79. The lowest BCUT2D eigenvalue weighted by atomic mass is 10.00. The van der Waals surface area contributed by atoms with Crippen LogP contribution in [0.1, 0.15) is 19.4 Å². The fraction of sp³-hybridized carbons (Fsp3) is 0.312. The van der Waals surface area contributed by atoms with Crippen LogP contribution in [0, 0.1) is 0 Å². The minimum absolute atomic E-state index is 0.0898. The summed E-state index contributed by atoms with van der Waals surface area (Å²) in [4.78, 5) is 30.8. The van der Waals surface area contributed by atoms with Gasteiger partial charge in [0.25, 0.3) is 0 Å². The number of carbonyl (C=O) groups excluding carboxylic acids is 2. The molecule has 1 aromatic rings. The third-order valence-electron chi connectivity index (χ3n) is 3.60. The molecule has 1 fully saturated rings. The molecule has 1 atom stereocenters. The summed E-state index contributed by atoms with van der Waals surface area (Å²) in [6, 6.07) is 7.15. The van der Waals surface area contributed by atoms with Crippen LogP contribution in [0.15, 0.2) is 34.8 Å². The second-order valence-corrected chi connectivity index (χ2v) is 6.49. The Morgan fingerprint density at radius 2 is 2.22 bits per heavy atom. The van der Waals surface area contributed by atoms with Crippen molar-refractivity contribution in [2.75, 3.05) is 12.4 Å². The van der Waals surface area contributed by atoms with Gasteiger partial charge in [-0.2, -0.15) is 0 Å². The number of thioether (sulfide) groups is 1. The summed E-state index contributed by atoms with van der Waals surface area (Å²) in [6.07, 6.45) is 0. The Balaban J connectivity index is 2.25. The first-order valence-electron chi connectivity index (χ1n) is 7.19. The molecule has 2 aliphatic heterocycles. The molecular weight excluding hydrogens is 336 g/mol. The highest BCUT2D eigenvalue weighted by atomic mass is 35.5. The number of esters is 1. The predicted molar refractivity (Wildman–Crippen MR) is 91.2 cm³/mol. The lowest BCUT2D eigenvalue weighted by Gasteiger charge is -2.31. The molecule has 23 heavy (non-hydrogen) atoms. The van der Waals surface area contributed by atoms with Gasteiger partial charge < -0.3 is 4.74 Å². The minimum Gasteiger partial charge on any atom is -0.462 e. The second-order valence-electron chi connectivity index (χ2n) is 5.04. The Labute approximate surface area is 143 Å². The van der Waals surface area contributed by atoms with Crippen LogP contribution in [-0.2, 0) is 14.3 Å². The van der Waals surface area contributed by atoms with Crippen molar-refractivity contribution >= 4 is 46.6 Å². The minimum atomic E-state index is -0.494. The average molecular weight is 351 g/mol. The maximum atomic E-state index is 12.5. The van der Waals surface area contributed by atoms with Crippen LogP contribution < -0.4 is 0 Å². The summed E-state index contributed by atoms with van der Waals surface area (Å²) in [5, 5.41) is 0.474. The van der Waals surface area contributed by atoms with E-state index < -0.39 is 5.97 Å². The largest absolute Gasteiger partial charge is 0.462 e. The fourth-order valence-corrected chi connectivity index (χ4v) is 3.89. The summed E-state index contributed by atoms with van der Waals surface area (Å²) in [5.74, 6) is -0.259. The lowest BCUT2D eigenvalue weighted by Crippen LogP contribution is -2.37. The fourth-order valence-electron chi connectivity index (χ4n) is 2.63. The molecule has 1 saturated heterocycles. The zero-order chi connectivity index (χ0) is 16.6. The lowest BCUT2D eigenvalue weighted by molar-refractivity contribution is -0.137. The highest BCUT2D eigenvalue weighted by Gasteiger charge is 2.41. The van der Waals surface area contributed by atoms with Gasteiger partial charge in [0.15, 0.2) is 5.50 Å². The Morgan fingerprint density at radius 3 is 2.91 bits per heavy atom. The molecular formula is C16H15ClN2O3S. The molecule has 0 spiro atoms. The predicted octanol–water partition coefficient (Wildman–Crippen LogP) is 2.95. The van der Waals surface area contributed by atoms with Crippen LogP contribution in [-0.4, -0.2) is 40.3 Å². The topological polar surface area (TPSA) is 59.0 Å². The summed E-state index contributed by atoms with van der Waals surface area (Å²) in [6.45, 7) is 3.74. The van der Waals surface area contributed by atoms with Crippen LogP contribution in [0.5, 0.6) is 0 Å². The number of ether oxygens (including phenoxy) is 1. The monoisotopic (exact) mass is 350 g/mol. The number of nitrogens with zero attached hydrogens (tertiary/aromatic N) is 2. The number of aliphatic imine (C=N–C) groups is 1. The van der Waals surface area contributed by atoms with Crippen molar-refractivity contribution in [1.82, 2.24) is 4.90 Å². The van der Waals surface area contributed by atoms with E-state index in [1.54, 1.807) is 36.9 Å². The molecule has 0 N–H and O–H groups in total. The first kappa shape index (κ1) is 16.1. The van der Waals surface area contributed by atoms with Gasteiger partial charge in [0.2, 0.25) is 5.91 Å². The van der Waals surface area contributed by atoms with Crippen molar-refractivity contribution in [3.05, 3.63) is 40.4 Å². The van der Waals surface area contributed by atoms with E-state index in [4.69, 9.17) is 16.3 Å². The molecule has 0 saturated carbocycles. The van der Waals surface area contributed by atoms with E-state index in [2.05, 4.69) is 4.99 Å². The number of carbonyl (C=O) groups is 2. The van der Waals surface area contributed by atoms with E-state index in [1.807, 2.05) is 6.07 Å². The van der Waals surface area contributed by atoms with Gasteiger partial charge in [-0.15, -0.1) is 11.8 Å². The molecule has 2 aliphatic rings. The van der Waals surface area contributed by atoms with Gasteiger partial charge in [-0.3, -0.25) is 14.7 Å². The number of amides is 1. The molecule has 7 heteroatoms. The van der Waals surface area contributed by atoms with Gasteiger partial charge >= 0.3 is 5.97 Å². The van der Waals surface area contributed by atoms with Gasteiger partial charge in [-0.05, 0) is 19.9 Å². The quantitative estimate of drug-likeness (QED) is 0.786. The summed E-state index contributed by atoms with van der Waals surface area (Å²) in [7, 11) is 0. The van der Waals surface area contributed by atoms with Crippen molar-refractivity contribution in [3.63, 3.8) is 0 Å². The molecule has 3 rings (SSSR count). The van der Waals surface area contributed by atoms with Crippen LogP contribution in [0.2, 0.25) is 5.02 Å². The third-order valence-corrected chi connectivity index (χ3v) is 4.96. The third kappa shape index (κ3) is 2.77. The molecule has 1 amide bonds. The van der Waals surface area contributed by atoms with Crippen molar-refractivity contribution in [1.29, 1.82) is 0 Å². The van der Waals surface area contributed by atoms with Crippen molar-refractivity contribution in [2.24, 2.45) is 4.99 Å². The molecule has 0 aromatic heterocycles. The molecule has 1 unspecified atom stereocenters. The standard InChI is InChI=1S/C16H15ClN2O3S/c1-3-22-15(21)13-9(2)18-16-19(12(20)8-23-16)14(13)10-6-4-5-7-11(10)17/h4-7,16H,3,8H2,1-2H3. The maximum Gasteiger partial charge on any atom is 0.342 e. The SMILES string of the molecule is CCOC(=O)C1=C(c2ccccc2Cl)N2C(=O)CSC2N=C1C. The van der Waals surface area contributed by atoms with Crippen molar-refractivity contribution < 1.29 is 14.3 Å². The maximum absolute atomic E-state index is 12.5. The normalized spacial score (nSPS) is 20.5. The molecule has 120 valence electrons. The molecule has 5 nitrogen and oxygen atoms in total. The first-order chi connectivity index (χ1) is 11.0. The highest BCUT2D eigenvalue weighted by molar-refractivity contribution is 8.01. The number of halogens is 1. The van der Waals surface area contributed by atoms with Gasteiger partial charge in [0.05, 0.1) is 23.8 Å². The summed E-state index contributed by atoms with van der Waals surface area (Å²) in [5.41, 5.74) is 1.62. The summed E-state index contributed by atoms with van der Waals surface area (Å²) >= 11 is 7.75. The second kappa shape index (κ2) is 6.37. The van der Waals surface area contributed by atoms with Gasteiger partial charge in [-0.25, -0.2) is 4.79 Å². The van der Waals surface area contributed by atoms with Gasteiger partial charge in [-0.1, -0.05) is 29.8 Å². The van der Waals surface area contributed by atoms with E-state index >= 15 is 0 Å². The van der Waals surface area contributed by atoms with E-state index in [9.17, 15) is 9.59 Å². The van der Waals surface area contributed by atoms with Crippen molar-refractivity contribution in [3.8, 4) is 0 Å². The number of fused-ring (bicyclic) bond motifs is 1. The van der Waals surface area contributed by atoms with E-state index in [-0.39, 0.29) is 18.0 Å². The molecule has 1 aromatic carbocycles. The zero-order valence-corrected chi connectivity index (χ0v) is 14.3. The average Bonchev–Trinajstić information content (AvgIpc) is 2.87. The Morgan fingerprint density at radius 1 is 1.48 bits per heavy atom. The number of hydrogen-bond donors (Lipinski definition) is 0. The Bertz CT molecular complexity index is 745. The van der Waals surface area contributed by atoms with Crippen LogP contribution in [0.4, 0.5) is 0 Å². The van der Waals surface area contributed by atoms with Gasteiger partial charge in [0, 0.05) is 10.6 Å². The van der Waals surface area contributed by atoms with E-state index in [1.165, 1.54) is 11.8 Å². The zero-order valence-electron chi connectivity index (χ0n) is 12.7. The molecule has 2 heterocycles. The van der Waals surface area contributed by atoms with Gasteiger partial charge in [0.1, 0.15) is 5.57 Å². The highest BCUT2D eigenvalue weighted by Crippen LogP contribution is 2.41. The molecule has 0 aliphatic carbocycles. The smallest absolute Gasteiger partial charge is 0.342 e. The number of hydrogen-bond acceptors (Lipinski definition) is 5. The Kier molecular flexibility index (Phi) is 4.46. The molecule has 0 bridgehead atoms. The van der Waals surface area contributed by atoms with Crippen LogP contribution in [0.3, 0.4) is 0 Å². The number of rotatable bonds is 3. The van der Waals surface area contributed by atoms with E-state index in [0.717, 1.165) is 0 Å². The molecule has 0 radical (unpaired) electrons. The van der Waals surface area contributed by atoms with Crippen molar-refractivity contribution in [2.45, 2.75) is 19.3 Å². The van der Waals surface area contributed by atoms with Crippen LogP contribution >= 0.6 is 23.4 Å². The van der Waals surface area contributed by atoms with Crippen LogP contribution in [0.25, 0.3) is 5.70 Å². The van der Waals surface area contributed by atoms with E-state index in [0.29, 0.717) is 33.3 Å². The summed E-state index contributed by atoms with van der Waals surface area (Å²) < 4.78 is 5.16. The first-order valence-corrected chi connectivity index (χ1v) is 8.62. The number of benzene rings is 1.